The monoisotopic (exact) mass is 529 g/mol. The third kappa shape index (κ3) is 6.89. The van der Waals surface area contributed by atoms with Crippen LogP contribution in [0.1, 0.15) is 51.4 Å². The second kappa shape index (κ2) is 12.4. The van der Waals surface area contributed by atoms with E-state index >= 15 is 0 Å². The lowest BCUT2D eigenvalue weighted by Gasteiger charge is -2.21. The Morgan fingerprint density at radius 2 is 1.97 bits per heavy atom. The number of ether oxygens (including phenoxy) is 1. The number of carbonyl (C=O) groups excluding carboxylic acids is 2. The van der Waals surface area contributed by atoms with Crippen molar-refractivity contribution in [3.8, 4) is 11.4 Å². The van der Waals surface area contributed by atoms with Crippen molar-refractivity contribution in [3.05, 3.63) is 42.9 Å². The maximum absolute atomic E-state index is 11.0. The van der Waals surface area contributed by atoms with Crippen LogP contribution < -0.4 is 10.1 Å². The molecule has 12 nitrogen and oxygen atoms in total. The second-order valence-corrected chi connectivity index (χ2v) is 9.74. The number of unbranched alkanes of at least 4 members (excludes halogenated alkanes) is 1. The summed E-state index contributed by atoms with van der Waals surface area (Å²) in [7, 11) is 0. The van der Waals surface area contributed by atoms with Crippen molar-refractivity contribution in [3.63, 3.8) is 0 Å². The molecule has 12 heteroatoms. The molecule has 1 aliphatic carbocycles. The number of ketones is 1. The number of hydrogen-bond donors (Lipinski definition) is 2. The molecule has 0 spiro atoms. The lowest BCUT2D eigenvalue weighted by Crippen LogP contribution is -2.15. The number of nitrogens with one attached hydrogen (secondary N) is 2. The smallest absolute Gasteiger partial charge is 0.229 e. The number of fused-ring (bicyclic) bond motifs is 1. The Balaban J connectivity index is 1.17. The predicted octanol–water partition coefficient (Wildman–Crippen LogP) is 4.07. The molecule has 5 rings (SSSR count). The zero-order chi connectivity index (χ0) is 27.0. The van der Waals surface area contributed by atoms with Gasteiger partial charge in [-0.25, -0.2) is 4.98 Å². The average molecular weight is 530 g/mol. The highest BCUT2D eigenvalue weighted by Crippen LogP contribution is 2.25. The molecule has 3 heterocycles. The van der Waals surface area contributed by atoms with E-state index in [1.807, 2.05) is 35.1 Å². The van der Waals surface area contributed by atoms with E-state index in [2.05, 4.69) is 30.7 Å². The fourth-order valence-corrected chi connectivity index (χ4v) is 4.61. The van der Waals surface area contributed by atoms with Crippen LogP contribution in [0, 0.1) is 11.3 Å². The first kappa shape index (κ1) is 26.1. The zero-order valence-electron chi connectivity index (χ0n) is 21.6. The van der Waals surface area contributed by atoms with Crippen molar-refractivity contribution < 1.29 is 14.3 Å². The Labute approximate surface area is 225 Å². The lowest BCUT2D eigenvalue weighted by atomic mass is 9.86. The summed E-state index contributed by atoms with van der Waals surface area (Å²) in [5.74, 6) is 1.39. The molecule has 3 aromatic heterocycles. The van der Waals surface area contributed by atoms with E-state index in [1.165, 1.54) is 0 Å². The molecule has 1 aliphatic rings. The topological polar surface area (TPSA) is 154 Å². The number of aldehydes is 1. The number of benzene rings is 1. The SMILES string of the molecule is N=C1CCC(CCn2cc(Nc3ncc4nnn(-c5ccc(OCCCCC(=O)C=O)cc5)c4n3)cn2)CC1. The molecule has 0 amide bonds. The van der Waals surface area contributed by atoms with Gasteiger partial charge in [0.25, 0.3) is 0 Å². The number of nitrogens with zero attached hydrogens (tertiary/aromatic N) is 7. The maximum Gasteiger partial charge on any atom is 0.229 e. The standard InChI is InChI=1S/C27H31N9O3/c28-20-6-4-19(5-7-20)12-13-35-17-21(15-30-35)31-27-29-16-25-26(32-27)36(34-33-25)22-8-10-24(11-9-22)39-14-2-1-3-23(38)18-37/h8-11,15-19,28H,1-7,12-14H2,(H,29,31,32). The molecule has 4 aromatic rings. The van der Waals surface area contributed by atoms with Gasteiger partial charge in [-0.1, -0.05) is 5.21 Å². The number of carbonyl (C=O) groups is 2. The van der Waals surface area contributed by atoms with Gasteiger partial charge in [-0.3, -0.25) is 14.3 Å². The van der Waals surface area contributed by atoms with E-state index in [0.717, 1.165) is 55.7 Å². The normalized spacial score (nSPS) is 15.4. The van der Waals surface area contributed by atoms with Crippen LogP contribution in [0.25, 0.3) is 16.9 Å². The quantitative estimate of drug-likeness (QED) is 0.148. The van der Waals surface area contributed by atoms with Gasteiger partial charge in [0.15, 0.2) is 23.2 Å². The number of rotatable bonds is 13. The fraction of sp³-hybridized carbons (Fsp3) is 0.407. The van der Waals surface area contributed by atoms with E-state index in [-0.39, 0.29) is 12.2 Å². The highest BCUT2D eigenvalue weighted by Gasteiger charge is 2.17. The molecule has 1 aromatic carbocycles. The Kier molecular flexibility index (Phi) is 8.29. The highest BCUT2D eigenvalue weighted by molar-refractivity contribution is 6.24. The van der Waals surface area contributed by atoms with Crippen LogP contribution in [-0.4, -0.2) is 59.1 Å². The molecule has 39 heavy (non-hydrogen) atoms. The summed E-state index contributed by atoms with van der Waals surface area (Å²) in [6, 6.07) is 7.42. The minimum Gasteiger partial charge on any atom is -0.494 e. The molecule has 0 bridgehead atoms. The molecule has 0 aliphatic heterocycles. The van der Waals surface area contributed by atoms with Crippen LogP contribution >= 0.6 is 0 Å². The number of Topliss-reactive ketones (excluding diaryl/α,β-unsaturated/α-hetero) is 1. The van der Waals surface area contributed by atoms with Crippen molar-refractivity contribution in [1.29, 1.82) is 5.41 Å². The van der Waals surface area contributed by atoms with Crippen LogP contribution in [0.3, 0.4) is 0 Å². The molecule has 1 fully saturated rings. The molecule has 0 radical (unpaired) electrons. The van der Waals surface area contributed by atoms with Crippen molar-refractivity contribution in [1.82, 2.24) is 34.7 Å². The van der Waals surface area contributed by atoms with E-state index in [1.54, 1.807) is 17.1 Å². The molecular weight excluding hydrogens is 498 g/mol. The maximum atomic E-state index is 11.0. The summed E-state index contributed by atoms with van der Waals surface area (Å²) in [4.78, 5) is 30.4. The second-order valence-electron chi connectivity index (χ2n) is 9.74. The van der Waals surface area contributed by atoms with E-state index in [9.17, 15) is 9.59 Å². The van der Waals surface area contributed by atoms with Crippen molar-refractivity contribution in [2.45, 2.75) is 57.9 Å². The predicted molar refractivity (Wildman–Crippen MR) is 145 cm³/mol. The van der Waals surface area contributed by atoms with Gasteiger partial charge in [0.1, 0.15) is 5.75 Å². The highest BCUT2D eigenvalue weighted by atomic mass is 16.5. The minimum atomic E-state index is -0.384. The van der Waals surface area contributed by atoms with Crippen LogP contribution in [0.2, 0.25) is 0 Å². The van der Waals surface area contributed by atoms with Crippen LogP contribution in [0.4, 0.5) is 11.6 Å². The Morgan fingerprint density at radius 1 is 1.15 bits per heavy atom. The van der Waals surface area contributed by atoms with E-state index in [4.69, 9.17) is 10.1 Å². The first-order valence-corrected chi connectivity index (χ1v) is 13.2. The number of aryl methyl sites for hydroxylation is 1. The number of hydrogen-bond acceptors (Lipinski definition) is 10. The molecule has 0 saturated heterocycles. The Hall–Kier alpha value is -4.48. The largest absolute Gasteiger partial charge is 0.494 e. The Bertz CT molecular complexity index is 1430. The van der Waals surface area contributed by atoms with Gasteiger partial charge >= 0.3 is 0 Å². The molecule has 202 valence electrons. The zero-order valence-corrected chi connectivity index (χ0v) is 21.6. The van der Waals surface area contributed by atoms with Gasteiger partial charge in [0, 0.05) is 24.9 Å². The van der Waals surface area contributed by atoms with Gasteiger partial charge in [0.2, 0.25) is 5.95 Å². The molecule has 2 N–H and O–H groups in total. The summed E-state index contributed by atoms with van der Waals surface area (Å²) in [6.45, 7) is 1.30. The van der Waals surface area contributed by atoms with E-state index < -0.39 is 0 Å². The summed E-state index contributed by atoms with van der Waals surface area (Å²) in [5.41, 5.74) is 3.59. The van der Waals surface area contributed by atoms with Gasteiger partial charge < -0.3 is 15.5 Å². The van der Waals surface area contributed by atoms with Gasteiger partial charge in [-0.2, -0.15) is 14.8 Å². The first-order chi connectivity index (χ1) is 19.1. The van der Waals surface area contributed by atoms with Crippen LogP contribution in [0.15, 0.2) is 42.9 Å². The summed E-state index contributed by atoms with van der Waals surface area (Å²) in [5, 5.41) is 23.9. The summed E-state index contributed by atoms with van der Waals surface area (Å²) >= 11 is 0. The van der Waals surface area contributed by atoms with Crippen LogP contribution in [-0.2, 0) is 16.1 Å². The first-order valence-electron chi connectivity index (χ1n) is 13.2. The average Bonchev–Trinajstić information content (AvgIpc) is 3.59. The van der Waals surface area contributed by atoms with Gasteiger partial charge in [-0.15, -0.1) is 5.10 Å². The molecule has 0 unspecified atom stereocenters. The summed E-state index contributed by atoms with van der Waals surface area (Å²) in [6.07, 6.45) is 12.4. The van der Waals surface area contributed by atoms with E-state index in [0.29, 0.717) is 54.5 Å². The van der Waals surface area contributed by atoms with Crippen molar-refractivity contribution in [2.75, 3.05) is 11.9 Å². The third-order valence-corrected chi connectivity index (χ3v) is 6.86. The van der Waals surface area contributed by atoms with Crippen LogP contribution in [0.5, 0.6) is 5.75 Å². The molecule has 1 saturated carbocycles. The lowest BCUT2D eigenvalue weighted by molar-refractivity contribution is -0.129. The minimum absolute atomic E-state index is 0.250. The van der Waals surface area contributed by atoms with Gasteiger partial charge in [0.05, 0.1) is 30.4 Å². The van der Waals surface area contributed by atoms with Crippen molar-refractivity contribution >= 4 is 40.6 Å². The molecule has 0 atom stereocenters. The molecular formula is C27H31N9O3. The van der Waals surface area contributed by atoms with Crippen molar-refractivity contribution in [2.24, 2.45) is 5.92 Å². The third-order valence-electron chi connectivity index (χ3n) is 6.86. The summed E-state index contributed by atoms with van der Waals surface area (Å²) < 4.78 is 9.30. The number of anilines is 2. The Morgan fingerprint density at radius 3 is 2.77 bits per heavy atom. The number of aromatic nitrogens is 7. The van der Waals surface area contributed by atoms with Gasteiger partial charge in [-0.05, 0) is 75.1 Å². The fourth-order valence-electron chi connectivity index (χ4n) is 4.61.